The molecule has 1 aliphatic carbocycles. The monoisotopic (exact) mass is 359 g/mol. The number of nitrogens with one attached hydrogen (secondary N) is 1. The van der Waals surface area contributed by atoms with Crippen LogP contribution in [-0.2, 0) is 9.53 Å². The molecule has 116 valence electrons. The minimum absolute atomic E-state index is 0.137. The maximum atomic E-state index is 11.9. The number of aliphatic hydroxyl groups is 1. The number of methoxy groups -OCH3 is 1. The van der Waals surface area contributed by atoms with Gasteiger partial charge in [-0.3, -0.25) is 9.59 Å². The zero-order valence-corrected chi connectivity index (χ0v) is 13.3. The first kappa shape index (κ1) is 16.0. The highest BCUT2D eigenvalue weighted by Gasteiger charge is 2.36. The number of hydrogen-bond donors (Lipinski definition) is 2. The molecule has 7 heteroatoms. The van der Waals surface area contributed by atoms with Crippen LogP contribution in [-0.4, -0.2) is 36.2 Å². The van der Waals surface area contributed by atoms with Gasteiger partial charge >= 0.3 is 5.97 Å². The van der Waals surface area contributed by atoms with Crippen LogP contribution in [0.3, 0.4) is 0 Å². The molecule has 0 atom stereocenters. The van der Waals surface area contributed by atoms with E-state index in [4.69, 9.17) is 9.15 Å². The summed E-state index contributed by atoms with van der Waals surface area (Å²) in [6.07, 6.45) is 2.03. The Hall–Kier alpha value is -1.34. The van der Waals surface area contributed by atoms with Crippen molar-refractivity contribution in [2.24, 2.45) is 5.92 Å². The molecular formula is C14H18BrNO5. The second-order valence-corrected chi connectivity index (χ2v) is 6.09. The molecule has 0 spiro atoms. The molecule has 0 bridgehead atoms. The molecule has 1 amide bonds. The Balaban J connectivity index is 1.83. The Morgan fingerprint density at radius 1 is 1.48 bits per heavy atom. The highest BCUT2D eigenvalue weighted by atomic mass is 79.9. The van der Waals surface area contributed by atoms with E-state index in [0.717, 1.165) is 0 Å². The Morgan fingerprint density at radius 2 is 2.14 bits per heavy atom. The van der Waals surface area contributed by atoms with Gasteiger partial charge in [0.1, 0.15) is 0 Å². The molecular weight excluding hydrogens is 342 g/mol. The average Bonchev–Trinajstić information content (AvgIpc) is 2.91. The van der Waals surface area contributed by atoms with E-state index >= 15 is 0 Å². The Morgan fingerprint density at radius 3 is 2.67 bits per heavy atom. The molecule has 21 heavy (non-hydrogen) atoms. The van der Waals surface area contributed by atoms with Crippen LogP contribution >= 0.6 is 15.9 Å². The molecule has 0 radical (unpaired) electrons. The summed E-state index contributed by atoms with van der Waals surface area (Å²) in [5, 5.41) is 13.1. The molecule has 1 aromatic heterocycles. The summed E-state index contributed by atoms with van der Waals surface area (Å²) in [7, 11) is 1.37. The van der Waals surface area contributed by atoms with Crippen molar-refractivity contribution >= 4 is 27.8 Å². The third-order valence-corrected chi connectivity index (χ3v) is 4.25. The minimum Gasteiger partial charge on any atom is -0.469 e. The lowest BCUT2D eigenvalue weighted by molar-refractivity contribution is -0.148. The summed E-state index contributed by atoms with van der Waals surface area (Å²) in [4.78, 5) is 23.3. The number of carbonyl (C=O) groups excluding carboxylic acids is 2. The summed E-state index contributed by atoms with van der Waals surface area (Å²) < 4.78 is 10.3. The van der Waals surface area contributed by atoms with Crippen LogP contribution in [0.4, 0.5) is 0 Å². The standard InChI is InChI=1S/C14H18BrNO5/c1-20-13(18)9-4-6-14(19,7-5-9)8-16-12(17)10-2-3-11(15)21-10/h2-3,9,19H,4-8H2,1H3,(H,16,17). The molecule has 1 saturated carbocycles. The topological polar surface area (TPSA) is 88.8 Å². The third kappa shape index (κ3) is 4.07. The van der Waals surface area contributed by atoms with Crippen molar-refractivity contribution in [2.75, 3.05) is 13.7 Å². The summed E-state index contributed by atoms with van der Waals surface area (Å²) >= 11 is 3.13. The molecule has 1 aliphatic rings. The van der Waals surface area contributed by atoms with Crippen molar-refractivity contribution in [3.63, 3.8) is 0 Å². The Bertz CT molecular complexity index is 519. The van der Waals surface area contributed by atoms with Crippen molar-refractivity contribution in [1.29, 1.82) is 0 Å². The van der Waals surface area contributed by atoms with Crippen molar-refractivity contribution in [3.05, 3.63) is 22.6 Å². The summed E-state index contributed by atoms with van der Waals surface area (Å²) in [5.74, 6) is -0.577. The fraction of sp³-hybridized carbons (Fsp3) is 0.571. The zero-order valence-electron chi connectivity index (χ0n) is 11.7. The van der Waals surface area contributed by atoms with Gasteiger partial charge in [0, 0.05) is 6.54 Å². The van der Waals surface area contributed by atoms with E-state index in [0.29, 0.717) is 30.4 Å². The second kappa shape index (κ2) is 6.62. The van der Waals surface area contributed by atoms with Gasteiger partial charge in [-0.05, 0) is 53.7 Å². The third-order valence-electron chi connectivity index (χ3n) is 3.83. The van der Waals surface area contributed by atoms with E-state index in [1.807, 2.05) is 0 Å². The van der Waals surface area contributed by atoms with Crippen LogP contribution in [0.5, 0.6) is 0 Å². The zero-order chi connectivity index (χ0) is 15.5. The molecule has 0 aliphatic heterocycles. The van der Waals surface area contributed by atoms with E-state index in [1.54, 1.807) is 12.1 Å². The van der Waals surface area contributed by atoms with E-state index in [9.17, 15) is 14.7 Å². The maximum Gasteiger partial charge on any atom is 0.308 e. The molecule has 2 N–H and O–H groups in total. The first-order valence-corrected chi connectivity index (χ1v) is 7.56. The van der Waals surface area contributed by atoms with Gasteiger partial charge in [0.25, 0.3) is 5.91 Å². The Kier molecular flexibility index (Phi) is 5.05. The van der Waals surface area contributed by atoms with Crippen LogP contribution in [0.15, 0.2) is 21.2 Å². The molecule has 0 aromatic carbocycles. The van der Waals surface area contributed by atoms with Gasteiger partial charge in [-0.15, -0.1) is 0 Å². The second-order valence-electron chi connectivity index (χ2n) is 5.31. The van der Waals surface area contributed by atoms with Gasteiger partial charge in [-0.2, -0.15) is 0 Å². The lowest BCUT2D eigenvalue weighted by atomic mass is 9.79. The SMILES string of the molecule is COC(=O)C1CCC(O)(CNC(=O)c2ccc(Br)o2)CC1. The van der Waals surface area contributed by atoms with Crippen molar-refractivity contribution in [2.45, 2.75) is 31.3 Å². The molecule has 2 rings (SSSR count). The fourth-order valence-corrected chi connectivity index (χ4v) is 2.81. The highest BCUT2D eigenvalue weighted by molar-refractivity contribution is 9.10. The fourth-order valence-electron chi connectivity index (χ4n) is 2.50. The number of carbonyl (C=O) groups is 2. The number of halogens is 1. The van der Waals surface area contributed by atoms with Gasteiger partial charge in [0.05, 0.1) is 18.6 Å². The van der Waals surface area contributed by atoms with Crippen LogP contribution in [0.2, 0.25) is 0 Å². The number of esters is 1. The van der Waals surface area contributed by atoms with Crippen LogP contribution in [0.25, 0.3) is 0 Å². The number of hydrogen-bond acceptors (Lipinski definition) is 5. The van der Waals surface area contributed by atoms with E-state index in [-0.39, 0.29) is 30.1 Å². The highest BCUT2D eigenvalue weighted by Crippen LogP contribution is 2.32. The first-order chi connectivity index (χ1) is 9.93. The summed E-state index contributed by atoms with van der Waals surface area (Å²) in [5.41, 5.74) is -0.982. The first-order valence-electron chi connectivity index (χ1n) is 6.77. The van der Waals surface area contributed by atoms with Crippen LogP contribution < -0.4 is 5.32 Å². The van der Waals surface area contributed by atoms with Crippen LogP contribution in [0, 0.1) is 5.92 Å². The number of ether oxygens (including phenoxy) is 1. The average molecular weight is 360 g/mol. The lowest BCUT2D eigenvalue weighted by Crippen LogP contribution is -2.46. The lowest BCUT2D eigenvalue weighted by Gasteiger charge is -2.35. The van der Waals surface area contributed by atoms with Gasteiger partial charge in [0.2, 0.25) is 0 Å². The predicted octanol–water partition coefficient (Wildman–Crippen LogP) is 1.87. The number of furan rings is 1. The van der Waals surface area contributed by atoms with Crippen LogP contribution in [0.1, 0.15) is 36.2 Å². The quantitative estimate of drug-likeness (QED) is 0.801. The molecule has 1 fully saturated rings. The van der Waals surface area contributed by atoms with Gasteiger partial charge in [-0.25, -0.2) is 0 Å². The Labute approximate surface area is 131 Å². The van der Waals surface area contributed by atoms with Crippen molar-refractivity contribution < 1.29 is 23.8 Å². The van der Waals surface area contributed by atoms with Gasteiger partial charge < -0.3 is 19.6 Å². The van der Waals surface area contributed by atoms with E-state index in [1.165, 1.54) is 7.11 Å². The van der Waals surface area contributed by atoms with Crippen molar-refractivity contribution in [3.8, 4) is 0 Å². The smallest absolute Gasteiger partial charge is 0.308 e. The van der Waals surface area contributed by atoms with E-state index in [2.05, 4.69) is 21.2 Å². The molecule has 0 saturated heterocycles. The number of amides is 1. The molecule has 1 heterocycles. The predicted molar refractivity (Wildman–Crippen MR) is 77.7 cm³/mol. The van der Waals surface area contributed by atoms with Gasteiger partial charge in [0.15, 0.2) is 10.4 Å². The number of rotatable bonds is 4. The van der Waals surface area contributed by atoms with Crippen molar-refractivity contribution in [1.82, 2.24) is 5.32 Å². The molecule has 6 nitrogen and oxygen atoms in total. The van der Waals surface area contributed by atoms with Gasteiger partial charge in [-0.1, -0.05) is 0 Å². The minimum atomic E-state index is -0.982. The maximum absolute atomic E-state index is 11.9. The molecule has 1 aromatic rings. The normalized spacial score (nSPS) is 25.4. The largest absolute Gasteiger partial charge is 0.469 e. The molecule has 0 unspecified atom stereocenters. The van der Waals surface area contributed by atoms with E-state index < -0.39 is 5.60 Å². The summed E-state index contributed by atoms with van der Waals surface area (Å²) in [6.45, 7) is 0.137. The summed E-state index contributed by atoms with van der Waals surface area (Å²) in [6, 6.07) is 3.18.